The van der Waals surface area contributed by atoms with Crippen molar-refractivity contribution < 1.29 is 14.4 Å². The van der Waals surface area contributed by atoms with E-state index in [0.717, 1.165) is 16.8 Å². The first-order valence-electron chi connectivity index (χ1n) is 10.5. The highest BCUT2D eigenvalue weighted by Gasteiger charge is 2.28. The van der Waals surface area contributed by atoms with E-state index in [9.17, 15) is 14.4 Å². The normalized spacial score (nSPS) is 14.2. The average molecular weight is 428 g/mol. The largest absolute Gasteiger partial charge is 0.329 e. The lowest BCUT2D eigenvalue weighted by molar-refractivity contribution is -0.125. The molecule has 1 atom stereocenters. The SMILES string of the molecule is CC(c1ccccn1)N(Cc1ccccc1)C(=O)c1ccc(CN2C(=O)CNC2=O)cc1. The number of benzene rings is 2. The molecule has 162 valence electrons. The van der Waals surface area contributed by atoms with Crippen LogP contribution in [0.4, 0.5) is 4.79 Å². The van der Waals surface area contributed by atoms with Gasteiger partial charge in [0.2, 0.25) is 5.91 Å². The summed E-state index contributed by atoms with van der Waals surface area (Å²) in [6.45, 7) is 2.61. The first-order valence-corrected chi connectivity index (χ1v) is 10.5. The summed E-state index contributed by atoms with van der Waals surface area (Å²) >= 11 is 0. The number of rotatable bonds is 7. The van der Waals surface area contributed by atoms with Crippen LogP contribution in [0.3, 0.4) is 0 Å². The summed E-state index contributed by atoms with van der Waals surface area (Å²) in [7, 11) is 0. The molecule has 1 aliphatic heterocycles. The van der Waals surface area contributed by atoms with Gasteiger partial charge < -0.3 is 10.2 Å². The number of carbonyl (C=O) groups excluding carboxylic acids is 3. The van der Waals surface area contributed by atoms with Crippen LogP contribution < -0.4 is 5.32 Å². The van der Waals surface area contributed by atoms with Crippen LogP contribution in [-0.2, 0) is 17.9 Å². The molecular formula is C25H24N4O3. The van der Waals surface area contributed by atoms with Gasteiger partial charge in [-0.1, -0.05) is 48.5 Å². The van der Waals surface area contributed by atoms with Crippen LogP contribution in [0.5, 0.6) is 0 Å². The summed E-state index contributed by atoms with van der Waals surface area (Å²) in [5.74, 6) is -0.373. The van der Waals surface area contributed by atoms with E-state index in [1.54, 1.807) is 35.4 Å². The molecule has 1 fully saturated rings. The average Bonchev–Trinajstić information content (AvgIpc) is 3.15. The van der Waals surface area contributed by atoms with E-state index in [1.165, 1.54) is 4.90 Å². The summed E-state index contributed by atoms with van der Waals surface area (Å²) in [6, 6.07) is 21.9. The molecule has 1 unspecified atom stereocenters. The quantitative estimate of drug-likeness (QED) is 0.584. The van der Waals surface area contributed by atoms with E-state index < -0.39 is 6.03 Å². The molecule has 0 aliphatic carbocycles. The number of aromatic nitrogens is 1. The second kappa shape index (κ2) is 9.43. The summed E-state index contributed by atoms with van der Waals surface area (Å²) in [4.78, 5) is 44.5. The standard InChI is InChI=1S/C25H24N4O3/c1-18(22-9-5-6-14-26-22)28(16-19-7-3-2-4-8-19)24(31)21-12-10-20(11-13-21)17-29-23(30)15-27-25(29)32/h2-14,18H,15-17H2,1H3,(H,27,32). The Kier molecular flexibility index (Phi) is 6.26. The van der Waals surface area contributed by atoms with Crippen molar-refractivity contribution in [1.29, 1.82) is 0 Å². The number of imide groups is 1. The summed E-state index contributed by atoms with van der Waals surface area (Å²) in [5, 5.41) is 2.51. The van der Waals surface area contributed by atoms with Gasteiger partial charge >= 0.3 is 6.03 Å². The number of nitrogens with zero attached hydrogens (tertiary/aromatic N) is 3. The maximum absolute atomic E-state index is 13.5. The summed E-state index contributed by atoms with van der Waals surface area (Å²) in [5.41, 5.74) is 3.15. The van der Waals surface area contributed by atoms with Crippen molar-refractivity contribution in [3.63, 3.8) is 0 Å². The Hall–Kier alpha value is -4.00. The molecule has 0 radical (unpaired) electrons. The van der Waals surface area contributed by atoms with Crippen LogP contribution in [0, 0.1) is 0 Å². The Morgan fingerprint density at radius 1 is 1.00 bits per heavy atom. The number of hydrogen-bond acceptors (Lipinski definition) is 4. The fourth-order valence-corrected chi connectivity index (χ4v) is 3.66. The number of amides is 4. The van der Waals surface area contributed by atoms with Crippen molar-refractivity contribution in [2.24, 2.45) is 0 Å². The number of pyridine rings is 1. The molecule has 1 N–H and O–H groups in total. The van der Waals surface area contributed by atoms with E-state index in [-0.39, 0.29) is 30.9 Å². The first kappa shape index (κ1) is 21.2. The van der Waals surface area contributed by atoms with Gasteiger partial charge in [-0.25, -0.2) is 4.79 Å². The van der Waals surface area contributed by atoms with E-state index in [0.29, 0.717) is 12.1 Å². The van der Waals surface area contributed by atoms with Crippen LogP contribution in [0.15, 0.2) is 79.0 Å². The van der Waals surface area contributed by atoms with Gasteiger partial charge in [0.25, 0.3) is 5.91 Å². The molecule has 1 aromatic heterocycles. The predicted octanol–water partition coefficient (Wildman–Crippen LogP) is 3.54. The molecule has 0 saturated carbocycles. The minimum atomic E-state index is -0.395. The molecule has 7 heteroatoms. The zero-order valence-electron chi connectivity index (χ0n) is 17.8. The first-order chi connectivity index (χ1) is 15.5. The van der Waals surface area contributed by atoms with Gasteiger partial charge in [-0.05, 0) is 42.3 Å². The molecule has 7 nitrogen and oxygen atoms in total. The van der Waals surface area contributed by atoms with Gasteiger partial charge in [0.05, 0.1) is 24.8 Å². The molecule has 3 aromatic rings. The van der Waals surface area contributed by atoms with Crippen LogP contribution in [0.2, 0.25) is 0 Å². The molecule has 0 spiro atoms. The minimum Gasteiger partial charge on any atom is -0.329 e. The Morgan fingerprint density at radius 3 is 2.34 bits per heavy atom. The van der Waals surface area contributed by atoms with Gasteiger partial charge in [0.1, 0.15) is 0 Å². The van der Waals surface area contributed by atoms with Crippen LogP contribution in [-0.4, -0.2) is 39.2 Å². The zero-order valence-corrected chi connectivity index (χ0v) is 17.8. The van der Waals surface area contributed by atoms with Crippen molar-refractivity contribution in [3.05, 3.63) is 101 Å². The van der Waals surface area contributed by atoms with E-state index in [1.807, 2.05) is 55.5 Å². The highest BCUT2D eigenvalue weighted by Crippen LogP contribution is 2.24. The number of urea groups is 1. The second-order valence-corrected chi connectivity index (χ2v) is 7.68. The van der Waals surface area contributed by atoms with Gasteiger partial charge in [0, 0.05) is 18.3 Å². The monoisotopic (exact) mass is 428 g/mol. The Bertz CT molecular complexity index is 1090. The maximum atomic E-state index is 13.5. The van der Waals surface area contributed by atoms with Gasteiger partial charge in [-0.3, -0.25) is 19.5 Å². The van der Waals surface area contributed by atoms with E-state index >= 15 is 0 Å². The summed E-state index contributed by atoms with van der Waals surface area (Å²) < 4.78 is 0. The second-order valence-electron chi connectivity index (χ2n) is 7.68. The molecule has 2 heterocycles. The third kappa shape index (κ3) is 4.67. The fraction of sp³-hybridized carbons (Fsp3) is 0.200. The fourth-order valence-electron chi connectivity index (χ4n) is 3.66. The van der Waals surface area contributed by atoms with Crippen molar-refractivity contribution in [2.75, 3.05) is 6.54 Å². The van der Waals surface area contributed by atoms with Crippen LogP contribution >= 0.6 is 0 Å². The Balaban J connectivity index is 1.56. The lowest BCUT2D eigenvalue weighted by Gasteiger charge is -2.29. The maximum Gasteiger partial charge on any atom is 0.324 e. The number of carbonyl (C=O) groups is 3. The van der Waals surface area contributed by atoms with Gasteiger partial charge in [0.15, 0.2) is 0 Å². The highest BCUT2D eigenvalue weighted by molar-refractivity contribution is 6.01. The molecule has 1 saturated heterocycles. The van der Waals surface area contributed by atoms with E-state index in [4.69, 9.17) is 0 Å². The van der Waals surface area contributed by atoms with Crippen LogP contribution in [0.25, 0.3) is 0 Å². The minimum absolute atomic E-state index is 0.0231. The van der Waals surface area contributed by atoms with E-state index in [2.05, 4.69) is 10.3 Å². The topological polar surface area (TPSA) is 82.6 Å². The molecular weight excluding hydrogens is 404 g/mol. The smallest absolute Gasteiger partial charge is 0.324 e. The van der Waals surface area contributed by atoms with Crippen molar-refractivity contribution in [1.82, 2.24) is 20.1 Å². The lowest BCUT2D eigenvalue weighted by Crippen LogP contribution is -2.33. The molecule has 0 bridgehead atoms. The van der Waals surface area contributed by atoms with Crippen molar-refractivity contribution in [3.8, 4) is 0 Å². The predicted molar refractivity (Wildman–Crippen MR) is 119 cm³/mol. The van der Waals surface area contributed by atoms with Crippen LogP contribution in [0.1, 0.15) is 40.1 Å². The number of hydrogen-bond donors (Lipinski definition) is 1. The molecule has 4 rings (SSSR count). The van der Waals surface area contributed by atoms with Crippen molar-refractivity contribution >= 4 is 17.8 Å². The Morgan fingerprint density at radius 2 is 1.72 bits per heavy atom. The third-order valence-corrected chi connectivity index (χ3v) is 5.52. The molecule has 1 aliphatic rings. The number of nitrogens with one attached hydrogen (secondary N) is 1. The molecule has 4 amide bonds. The Labute approximate surface area is 186 Å². The third-order valence-electron chi connectivity index (χ3n) is 5.52. The van der Waals surface area contributed by atoms with Gasteiger partial charge in [-0.2, -0.15) is 0 Å². The summed E-state index contributed by atoms with van der Waals surface area (Å²) in [6.07, 6.45) is 1.72. The molecule has 32 heavy (non-hydrogen) atoms. The molecule has 2 aromatic carbocycles. The zero-order chi connectivity index (χ0) is 22.5. The van der Waals surface area contributed by atoms with Gasteiger partial charge in [-0.15, -0.1) is 0 Å². The van der Waals surface area contributed by atoms with Crippen molar-refractivity contribution in [2.45, 2.75) is 26.1 Å². The highest BCUT2D eigenvalue weighted by atomic mass is 16.2. The lowest BCUT2D eigenvalue weighted by atomic mass is 10.1.